The molecule has 4 nitrogen and oxygen atoms in total. The van der Waals surface area contributed by atoms with Crippen molar-refractivity contribution in [1.29, 1.82) is 5.41 Å². The van der Waals surface area contributed by atoms with Gasteiger partial charge in [0.2, 0.25) is 5.91 Å². The van der Waals surface area contributed by atoms with E-state index in [2.05, 4.69) is 5.32 Å². The predicted molar refractivity (Wildman–Crippen MR) is 49.0 cm³/mol. The van der Waals surface area contributed by atoms with Crippen LogP contribution >= 0.6 is 0 Å². The van der Waals surface area contributed by atoms with Crippen LogP contribution in [0.3, 0.4) is 0 Å². The maximum absolute atomic E-state index is 10.5. The molecule has 0 aliphatic carbocycles. The molecule has 0 aliphatic rings. The molecule has 0 saturated carbocycles. The van der Waals surface area contributed by atoms with Gasteiger partial charge in [0.1, 0.15) is 0 Å². The number of rotatable bonds is 5. The van der Waals surface area contributed by atoms with Crippen molar-refractivity contribution in [2.45, 2.75) is 20.3 Å². The molecule has 0 aromatic carbocycles. The fourth-order valence-corrected chi connectivity index (χ4v) is 0.858. The molecule has 68 valence electrons. The smallest absolute Gasteiger partial charge is 0.221 e. The molecule has 0 rings (SSSR count). The van der Waals surface area contributed by atoms with E-state index in [9.17, 15) is 4.79 Å². The third-order valence-electron chi connectivity index (χ3n) is 1.46. The Morgan fingerprint density at radius 2 is 2.25 bits per heavy atom. The first kappa shape index (κ1) is 10.7. The van der Waals surface area contributed by atoms with E-state index in [-0.39, 0.29) is 6.42 Å². The first-order valence-electron chi connectivity index (χ1n) is 3.84. The Hall–Kier alpha value is -1.32. The van der Waals surface area contributed by atoms with Crippen LogP contribution in [-0.2, 0) is 4.79 Å². The first-order valence-corrected chi connectivity index (χ1v) is 3.84. The van der Waals surface area contributed by atoms with Gasteiger partial charge in [-0.25, -0.2) is 0 Å². The zero-order chi connectivity index (χ0) is 9.56. The lowest BCUT2D eigenvalue weighted by molar-refractivity contribution is -0.117. The van der Waals surface area contributed by atoms with Crippen molar-refractivity contribution in [3.05, 3.63) is 11.3 Å². The van der Waals surface area contributed by atoms with Crippen molar-refractivity contribution in [3.63, 3.8) is 0 Å². The zero-order valence-corrected chi connectivity index (χ0v) is 7.48. The lowest BCUT2D eigenvalue weighted by Crippen LogP contribution is -2.17. The second kappa shape index (κ2) is 5.35. The van der Waals surface area contributed by atoms with E-state index in [0.717, 1.165) is 18.5 Å². The fourth-order valence-electron chi connectivity index (χ4n) is 0.858. The first-order chi connectivity index (χ1) is 5.61. The molecular formula is C8H15N3O. The topological polar surface area (TPSA) is 79.0 Å². The van der Waals surface area contributed by atoms with Crippen LogP contribution in [0.4, 0.5) is 0 Å². The van der Waals surface area contributed by atoms with Crippen molar-refractivity contribution >= 4 is 12.1 Å². The van der Waals surface area contributed by atoms with Gasteiger partial charge in [-0.05, 0) is 19.4 Å². The molecule has 0 bridgehead atoms. The van der Waals surface area contributed by atoms with E-state index >= 15 is 0 Å². The van der Waals surface area contributed by atoms with Crippen LogP contribution in [0.15, 0.2) is 11.3 Å². The predicted octanol–water partition coefficient (Wildman–Crippen LogP) is 0.395. The number of hydrogen-bond acceptors (Lipinski definition) is 3. The highest BCUT2D eigenvalue weighted by Gasteiger charge is 2.02. The minimum absolute atomic E-state index is 0.127. The number of nitrogens with two attached hydrogens (primary N) is 1. The maximum atomic E-state index is 10.5. The molecule has 0 aromatic rings. The third kappa shape index (κ3) is 3.75. The summed E-state index contributed by atoms with van der Waals surface area (Å²) >= 11 is 0. The lowest BCUT2D eigenvalue weighted by atomic mass is 10.1. The summed E-state index contributed by atoms with van der Waals surface area (Å²) < 4.78 is 0. The highest BCUT2D eigenvalue weighted by Crippen LogP contribution is 2.02. The molecule has 0 aromatic heterocycles. The molecule has 0 heterocycles. The summed E-state index contributed by atoms with van der Waals surface area (Å²) in [6.45, 7) is 4.56. The monoisotopic (exact) mass is 169 g/mol. The Morgan fingerprint density at radius 1 is 1.67 bits per heavy atom. The van der Waals surface area contributed by atoms with Crippen LogP contribution in [0, 0.1) is 5.41 Å². The number of allylic oxidation sites excluding steroid dienone is 1. The van der Waals surface area contributed by atoms with Crippen LogP contribution in [0.5, 0.6) is 0 Å². The van der Waals surface area contributed by atoms with Gasteiger partial charge in [0.15, 0.2) is 0 Å². The minimum atomic E-state index is -0.411. The normalized spacial score (nSPS) is 11.8. The summed E-state index contributed by atoms with van der Waals surface area (Å²) in [5, 5.41) is 10.1. The van der Waals surface area contributed by atoms with E-state index in [4.69, 9.17) is 11.1 Å². The fraction of sp³-hybridized carbons (Fsp3) is 0.500. The number of carbonyl (C=O) groups is 1. The Bertz CT molecular complexity index is 208. The third-order valence-corrected chi connectivity index (χ3v) is 1.46. The highest BCUT2D eigenvalue weighted by atomic mass is 16.1. The summed E-state index contributed by atoms with van der Waals surface area (Å²) in [5.74, 6) is -0.411. The number of primary amides is 1. The van der Waals surface area contributed by atoms with Gasteiger partial charge >= 0.3 is 0 Å². The molecule has 12 heavy (non-hydrogen) atoms. The van der Waals surface area contributed by atoms with Gasteiger partial charge in [-0.2, -0.15) is 0 Å². The van der Waals surface area contributed by atoms with Gasteiger partial charge in [0, 0.05) is 18.5 Å². The summed E-state index contributed by atoms with van der Waals surface area (Å²) in [7, 11) is 0. The number of amides is 1. The van der Waals surface area contributed by atoms with E-state index in [1.165, 1.54) is 0 Å². The largest absolute Gasteiger partial charge is 0.389 e. The molecule has 0 fully saturated rings. The Kier molecular flexibility index (Phi) is 4.76. The Balaban J connectivity index is 4.38. The molecule has 1 amide bonds. The number of nitrogens with one attached hydrogen (secondary N) is 2. The summed E-state index contributed by atoms with van der Waals surface area (Å²) in [6.07, 6.45) is 1.28. The second-order valence-corrected chi connectivity index (χ2v) is 2.47. The molecule has 0 saturated heterocycles. The van der Waals surface area contributed by atoms with Crippen molar-refractivity contribution in [3.8, 4) is 0 Å². The lowest BCUT2D eigenvalue weighted by Gasteiger charge is -2.06. The Morgan fingerprint density at radius 3 is 2.58 bits per heavy atom. The molecule has 0 unspecified atom stereocenters. The number of carbonyl (C=O) groups excluding carboxylic acids is 1. The van der Waals surface area contributed by atoms with Crippen LogP contribution in [0.2, 0.25) is 0 Å². The summed E-state index contributed by atoms with van der Waals surface area (Å²) in [6, 6.07) is 0. The van der Waals surface area contributed by atoms with Crippen molar-refractivity contribution in [2.24, 2.45) is 5.73 Å². The van der Waals surface area contributed by atoms with Crippen molar-refractivity contribution in [2.75, 3.05) is 6.54 Å². The average molecular weight is 169 g/mol. The molecule has 0 atom stereocenters. The van der Waals surface area contributed by atoms with Crippen molar-refractivity contribution < 1.29 is 4.79 Å². The second-order valence-electron chi connectivity index (χ2n) is 2.47. The summed E-state index contributed by atoms with van der Waals surface area (Å²) in [5.41, 5.74) is 6.48. The number of hydrogen-bond donors (Lipinski definition) is 3. The van der Waals surface area contributed by atoms with Crippen LogP contribution in [-0.4, -0.2) is 18.7 Å². The van der Waals surface area contributed by atoms with Gasteiger partial charge in [-0.1, -0.05) is 0 Å². The highest BCUT2D eigenvalue weighted by molar-refractivity contribution is 5.87. The maximum Gasteiger partial charge on any atom is 0.221 e. The standard InChI is InChI=1S/C8H15N3O/c1-3-11-6(2)7(5-9)4-8(10)12/h5,9,11H,3-4H2,1-2H3,(H2,10,12)/b7-6-,9-5?. The van der Waals surface area contributed by atoms with E-state index in [1.807, 2.05) is 13.8 Å². The van der Waals surface area contributed by atoms with Crippen LogP contribution in [0.1, 0.15) is 20.3 Å². The van der Waals surface area contributed by atoms with E-state index < -0.39 is 5.91 Å². The van der Waals surface area contributed by atoms with E-state index in [0.29, 0.717) is 5.57 Å². The van der Waals surface area contributed by atoms with Gasteiger partial charge in [0.05, 0.1) is 6.42 Å². The molecule has 0 spiro atoms. The summed E-state index contributed by atoms with van der Waals surface area (Å²) in [4.78, 5) is 10.5. The quantitative estimate of drug-likeness (QED) is 0.521. The SMILES string of the molecule is CCN/C(C)=C(\C=N)CC(N)=O. The Labute approximate surface area is 72.3 Å². The molecule has 4 N–H and O–H groups in total. The molecule has 4 heteroatoms. The van der Waals surface area contributed by atoms with Crippen LogP contribution in [0.25, 0.3) is 0 Å². The minimum Gasteiger partial charge on any atom is -0.389 e. The van der Waals surface area contributed by atoms with E-state index in [1.54, 1.807) is 0 Å². The van der Waals surface area contributed by atoms with Gasteiger partial charge in [-0.3, -0.25) is 4.79 Å². The molecule has 0 radical (unpaired) electrons. The van der Waals surface area contributed by atoms with Crippen LogP contribution < -0.4 is 11.1 Å². The van der Waals surface area contributed by atoms with Gasteiger partial charge in [-0.15, -0.1) is 0 Å². The zero-order valence-electron chi connectivity index (χ0n) is 7.48. The average Bonchev–Trinajstić information content (AvgIpc) is 2.00. The molecule has 0 aliphatic heterocycles. The van der Waals surface area contributed by atoms with Gasteiger partial charge < -0.3 is 16.5 Å². The van der Waals surface area contributed by atoms with Gasteiger partial charge in [0.25, 0.3) is 0 Å². The molecular weight excluding hydrogens is 154 g/mol. The van der Waals surface area contributed by atoms with Crippen molar-refractivity contribution in [1.82, 2.24) is 5.32 Å².